The summed E-state index contributed by atoms with van der Waals surface area (Å²) < 4.78 is 6.08. The van der Waals surface area contributed by atoms with Crippen molar-refractivity contribution in [2.75, 3.05) is 13.2 Å². The van der Waals surface area contributed by atoms with E-state index in [1.54, 1.807) is 0 Å². The van der Waals surface area contributed by atoms with E-state index in [1.165, 1.54) is 24.8 Å². The highest BCUT2D eigenvalue weighted by Crippen LogP contribution is 2.53. The molecule has 1 aliphatic carbocycles. The zero-order chi connectivity index (χ0) is 13.3. The number of nitrogens with one attached hydrogen (secondary N) is 1. The first-order chi connectivity index (χ1) is 9.24. The average Bonchev–Trinajstić information content (AvgIpc) is 3.11. The van der Waals surface area contributed by atoms with Gasteiger partial charge in [-0.3, -0.25) is 0 Å². The van der Waals surface area contributed by atoms with E-state index < -0.39 is 0 Å². The van der Waals surface area contributed by atoms with Gasteiger partial charge in [-0.2, -0.15) is 0 Å². The molecule has 1 saturated carbocycles. The number of rotatable bonds is 5. The van der Waals surface area contributed by atoms with E-state index in [9.17, 15) is 0 Å². The van der Waals surface area contributed by atoms with Crippen LogP contribution in [0.4, 0.5) is 0 Å². The predicted molar refractivity (Wildman–Crippen MR) is 78.3 cm³/mol. The summed E-state index contributed by atoms with van der Waals surface area (Å²) >= 11 is 0. The molecule has 1 aromatic carbocycles. The third-order valence-corrected chi connectivity index (χ3v) is 4.83. The topological polar surface area (TPSA) is 21.3 Å². The Balaban J connectivity index is 1.73. The van der Waals surface area contributed by atoms with Gasteiger partial charge in [-0.25, -0.2) is 0 Å². The second kappa shape index (κ2) is 5.26. The molecule has 0 aromatic heterocycles. The van der Waals surface area contributed by atoms with Crippen molar-refractivity contribution in [2.45, 2.75) is 50.7 Å². The Labute approximate surface area is 116 Å². The third kappa shape index (κ3) is 2.56. The number of likely N-dealkylation sites (N-methyl/N-ethyl adjacent to an activating group) is 1. The summed E-state index contributed by atoms with van der Waals surface area (Å²) in [4.78, 5) is 0. The third-order valence-electron chi connectivity index (χ3n) is 4.83. The standard InChI is InChI=1S/C17H25NO/c1-3-18-16(17(2)10-7-11-19-17)15-12-14(15)13-8-5-4-6-9-13/h4-6,8-9,14-16,18H,3,7,10-12H2,1-2H3. The Bertz CT molecular complexity index is 411. The van der Waals surface area contributed by atoms with Crippen LogP contribution >= 0.6 is 0 Å². The molecule has 0 amide bonds. The van der Waals surface area contributed by atoms with Crippen LogP contribution < -0.4 is 5.32 Å². The Morgan fingerprint density at radius 1 is 1.37 bits per heavy atom. The molecule has 2 aliphatic rings. The van der Waals surface area contributed by atoms with Gasteiger partial charge in [-0.1, -0.05) is 37.3 Å². The molecule has 1 heterocycles. The zero-order valence-electron chi connectivity index (χ0n) is 12.1. The lowest BCUT2D eigenvalue weighted by Gasteiger charge is -2.34. The van der Waals surface area contributed by atoms with Crippen LogP contribution in [-0.4, -0.2) is 24.8 Å². The number of ether oxygens (including phenoxy) is 1. The van der Waals surface area contributed by atoms with Crippen LogP contribution in [0.1, 0.15) is 44.6 Å². The van der Waals surface area contributed by atoms with Gasteiger partial charge in [0.2, 0.25) is 0 Å². The van der Waals surface area contributed by atoms with Crippen molar-refractivity contribution in [1.29, 1.82) is 0 Å². The van der Waals surface area contributed by atoms with E-state index in [4.69, 9.17) is 4.74 Å². The van der Waals surface area contributed by atoms with Crippen LogP contribution in [0.25, 0.3) is 0 Å². The van der Waals surface area contributed by atoms with E-state index in [0.717, 1.165) is 25.0 Å². The summed E-state index contributed by atoms with van der Waals surface area (Å²) in [6, 6.07) is 11.5. The zero-order valence-corrected chi connectivity index (χ0v) is 12.1. The molecule has 3 rings (SSSR count). The molecule has 0 spiro atoms. The van der Waals surface area contributed by atoms with Gasteiger partial charge in [0.1, 0.15) is 0 Å². The highest BCUT2D eigenvalue weighted by Gasteiger charge is 2.51. The summed E-state index contributed by atoms with van der Waals surface area (Å²) in [7, 11) is 0. The Kier molecular flexibility index (Phi) is 3.64. The average molecular weight is 259 g/mol. The van der Waals surface area contributed by atoms with Crippen molar-refractivity contribution in [3.05, 3.63) is 35.9 Å². The number of hydrogen-bond donors (Lipinski definition) is 1. The molecule has 2 nitrogen and oxygen atoms in total. The van der Waals surface area contributed by atoms with Gasteiger partial charge >= 0.3 is 0 Å². The molecule has 0 bridgehead atoms. The lowest BCUT2D eigenvalue weighted by molar-refractivity contribution is -0.0179. The van der Waals surface area contributed by atoms with Crippen LogP contribution in [-0.2, 0) is 4.74 Å². The molecule has 2 heteroatoms. The van der Waals surface area contributed by atoms with Crippen molar-refractivity contribution in [3.63, 3.8) is 0 Å². The molecular formula is C17H25NO. The maximum atomic E-state index is 6.08. The van der Waals surface area contributed by atoms with Gasteiger partial charge in [-0.15, -0.1) is 0 Å². The SMILES string of the molecule is CCNC(C1CC1c1ccccc1)C1(C)CCCO1. The number of benzene rings is 1. The monoisotopic (exact) mass is 259 g/mol. The minimum Gasteiger partial charge on any atom is -0.374 e. The van der Waals surface area contributed by atoms with E-state index in [-0.39, 0.29) is 5.60 Å². The van der Waals surface area contributed by atoms with Crippen LogP contribution in [0, 0.1) is 5.92 Å². The van der Waals surface area contributed by atoms with Crippen molar-refractivity contribution in [2.24, 2.45) is 5.92 Å². The minimum absolute atomic E-state index is 0.0458. The summed E-state index contributed by atoms with van der Waals surface area (Å²) in [6.07, 6.45) is 3.71. The second-order valence-electron chi connectivity index (χ2n) is 6.22. The molecule has 19 heavy (non-hydrogen) atoms. The highest BCUT2D eigenvalue weighted by atomic mass is 16.5. The van der Waals surface area contributed by atoms with Crippen LogP contribution in [0.2, 0.25) is 0 Å². The van der Waals surface area contributed by atoms with E-state index in [1.807, 2.05) is 0 Å². The summed E-state index contributed by atoms with van der Waals surface area (Å²) in [5.41, 5.74) is 1.54. The molecule has 2 fully saturated rings. The smallest absolute Gasteiger partial charge is 0.0810 e. The molecule has 1 saturated heterocycles. The fourth-order valence-electron chi connectivity index (χ4n) is 3.75. The van der Waals surface area contributed by atoms with Gasteiger partial charge < -0.3 is 10.1 Å². The highest BCUT2D eigenvalue weighted by molar-refractivity contribution is 5.27. The largest absolute Gasteiger partial charge is 0.374 e. The maximum Gasteiger partial charge on any atom is 0.0810 e. The minimum atomic E-state index is 0.0458. The lowest BCUT2D eigenvalue weighted by Crippen LogP contribution is -2.50. The van der Waals surface area contributed by atoms with Crippen molar-refractivity contribution >= 4 is 0 Å². The van der Waals surface area contributed by atoms with Gasteiger partial charge in [0.15, 0.2) is 0 Å². The van der Waals surface area contributed by atoms with Gasteiger partial charge in [0, 0.05) is 12.6 Å². The van der Waals surface area contributed by atoms with Crippen molar-refractivity contribution in [3.8, 4) is 0 Å². The molecule has 1 N–H and O–H groups in total. The fourth-order valence-corrected chi connectivity index (χ4v) is 3.75. The fraction of sp³-hybridized carbons (Fsp3) is 0.647. The van der Waals surface area contributed by atoms with Crippen molar-refractivity contribution < 1.29 is 4.74 Å². The molecule has 104 valence electrons. The molecular weight excluding hydrogens is 234 g/mol. The molecule has 4 unspecified atom stereocenters. The van der Waals surface area contributed by atoms with Crippen molar-refractivity contribution in [1.82, 2.24) is 5.32 Å². The summed E-state index contributed by atoms with van der Waals surface area (Å²) in [6.45, 7) is 6.46. The van der Waals surface area contributed by atoms with E-state index in [2.05, 4.69) is 49.5 Å². The molecule has 0 radical (unpaired) electrons. The second-order valence-corrected chi connectivity index (χ2v) is 6.22. The molecule has 1 aromatic rings. The van der Waals surface area contributed by atoms with Crippen LogP contribution in [0.15, 0.2) is 30.3 Å². The lowest BCUT2D eigenvalue weighted by atomic mass is 9.88. The quantitative estimate of drug-likeness (QED) is 0.875. The van der Waals surface area contributed by atoms with Gasteiger partial charge in [0.05, 0.1) is 5.60 Å². The van der Waals surface area contributed by atoms with Gasteiger partial charge in [-0.05, 0) is 50.1 Å². The Morgan fingerprint density at radius 3 is 2.79 bits per heavy atom. The van der Waals surface area contributed by atoms with E-state index in [0.29, 0.717) is 6.04 Å². The summed E-state index contributed by atoms with van der Waals surface area (Å²) in [5, 5.41) is 3.70. The van der Waals surface area contributed by atoms with Gasteiger partial charge in [0.25, 0.3) is 0 Å². The summed E-state index contributed by atoms with van der Waals surface area (Å²) in [5.74, 6) is 1.47. The molecule has 1 aliphatic heterocycles. The number of hydrogen-bond acceptors (Lipinski definition) is 2. The first-order valence-corrected chi connectivity index (χ1v) is 7.67. The van der Waals surface area contributed by atoms with E-state index >= 15 is 0 Å². The Morgan fingerprint density at radius 2 is 2.16 bits per heavy atom. The van der Waals surface area contributed by atoms with Crippen LogP contribution in [0.3, 0.4) is 0 Å². The maximum absolute atomic E-state index is 6.08. The normalized spacial score (nSPS) is 35.3. The Hall–Kier alpha value is -0.860. The van der Waals surface area contributed by atoms with Crippen LogP contribution in [0.5, 0.6) is 0 Å². The molecule has 4 atom stereocenters. The predicted octanol–water partition coefficient (Wildman–Crippen LogP) is 3.34. The first kappa shape index (κ1) is 13.1. The first-order valence-electron chi connectivity index (χ1n) is 7.67.